The zero-order chi connectivity index (χ0) is 12.5. The average molecular weight is 233 g/mol. The van der Waals surface area contributed by atoms with Crippen LogP contribution in [0.4, 0.5) is 0 Å². The van der Waals surface area contributed by atoms with Gasteiger partial charge in [-0.2, -0.15) is 10.5 Å². The molecule has 4 heteroatoms. The Morgan fingerprint density at radius 2 is 1.89 bits per heavy atom. The van der Waals surface area contributed by atoms with Gasteiger partial charge in [-0.1, -0.05) is 18.2 Å². The van der Waals surface area contributed by atoms with Crippen molar-refractivity contribution in [1.29, 1.82) is 10.5 Å². The molecule has 3 aromatic rings. The molecule has 0 aliphatic heterocycles. The molecule has 0 spiro atoms. The highest BCUT2D eigenvalue weighted by atomic mass is 16.3. The molecule has 1 N–H and O–H groups in total. The van der Waals surface area contributed by atoms with Crippen LogP contribution >= 0.6 is 0 Å². The van der Waals surface area contributed by atoms with Crippen LogP contribution < -0.4 is 0 Å². The average Bonchev–Trinajstić information content (AvgIpc) is 3.01. The Morgan fingerprint density at radius 3 is 2.67 bits per heavy atom. The van der Waals surface area contributed by atoms with Crippen LogP contribution in [0.3, 0.4) is 0 Å². The molecule has 2 aromatic heterocycles. The SMILES string of the molecule is N#Cc1ccoc1-c1[nH]c2ccccc2c1C#N. The number of para-hydroxylation sites is 1. The first-order chi connectivity index (χ1) is 8.85. The van der Waals surface area contributed by atoms with Gasteiger partial charge in [-0.15, -0.1) is 0 Å². The van der Waals surface area contributed by atoms with E-state index in [0.29, 0.717) is 22.6 Å². The lowest BCUT2D eigenvalue weighted by atomic mass is 10.1. The van der Waals surface area contributed by atoms with Crippen molar-refractivity contribution in [3.8, 4) is 23.6 Å². The first-order valence-electron chi connectivity index (χ1n) is 5.34. The van der Waals surface area contributed by atoms with Crippen molar-refractivity contribution in [3.05, 3.63) is 47.7 Å². The quantitative estimate of drug-likeness (QED) is 0.701. The Morgan fingerprint density at radius 1 is 1.06 bits per heavy atom. The van der Waals surface area contributed by atoms with Crippen molar-refractivity contribution in [2.45, 2.75) is 0 Å². The highest BCUT2D eigenvalue weighted by molar-refractivity contribution is 5.93. The molecule has 0 saturated carbocycles. The molecule has 1 aromatic carbocycles. The van der Waals surface area contributed by atoms with Crippen molar-refractivity contribution < 1.29 is 4.42 Å². The van der Waals surface area contributed by atoms with Gasteiger partial charge in [0.2, 0.25) is 0 Å². The van der Waals surface area contributed by atoms with Gasteiger partial charge in [0, 0.05) is 10.9 Å². The normalized spacial score (nSPS) is 10.1. The Kier molecular flexibility index (Phi) is 2.15. The number of rotatable bonds is 1. The third-order valence-corrected chi connectivity index (χ3v) is 2.83. The molecule has 3 rings (SSSR count). The second kappa shape index (κ2) is 3.80. The number of H-pyrrole nitrogens is 1. The fraction of sp³-hybridized carbons (Fsp3) is 0. The van der Waals surface area contributed by atoms with Crippen LogP contribution in [-0.2, 0) is 0 Å². The Labute approximate surface area is 103 Å². The number of furan rings is 1. The van der Waals surface area contributed by atoms with Crippen molar-refractivity contribution in [2.75, 3.05) is 0 Å². The smallest absolute Gasteiger partial charge is 0.169 e. The van der Waals surface area contributed by atoms with E-state index in [2.05, 4.69) is 11.1 Å². The number of aromatic amines is 1. The molecular formula is C14H7N3O. The molecule has 0 amide bonds. The highest BCUT2D eigenvalue weighted by Gasteiger charge is 2.17. The maximum atomic E-state index is 9.27. The van der Waals surface area contributed by atoms with Gasteiger partial charge in [0.25, 0.3) is 0 Å². The molecular weight excluding hydrogens is 226 g/mol. The molecule has 0 saturated heterocycles. The molecule has 84 valence electrons. The summed E-state index contributed by atoms with van der Waals surface area (Å²) >= 11 is 0. The van der Waals surface area contributed by atoms with Crippen LogP contribution in [0.1, 0.15) is 11.1 Å². The summed E-state index contributed by atoms with van der Waals surface area (Å²) in [5, 5.41) is 19.1. The maximum Gasteiger partial charge on any atom is 0.169 e. The lowest BCUT2D eigenvalue weighted by molar-refractivity contribution is 0.580. The summed E-state index contributed by atoms with van der Waals surface area (Å²) in [6.07, 6.45) is 1.44. The van der Waals surface area contributed by atoms with Gasteiger partial charge in [0.1, 0.15) is 17.8 Å². The second-order valence-electron chi connectivity index (χ2n) is 3.81. The van der Waals surface area contributed by atoms with Crippen LogP contribution in [0.2, 0.25) is 0 Å². The van der Waals surface area contributed by atoms with Gasteiger partial charge in [-0.05, 0) is 12.1 Å². The summed E-state index contributed by atoms with van der Waals surface area (Å²) in [6, 6.07) is 13.3. The van der Waals surface area contributed by atoms with E-state index in [1.807, 2.05) is 30.3 Å². The molecule has 0 aliphatic carbocycles. The fourth-order valence-corrected chi connectivity index (χ4v) is 2.02. The van der Waals surface area contributed by atoms with E-state index >= 15 is 0 Å². The lowest BCUT2D eigenvalue weighted by Gasteiger charge is -1.93. The van der Waals surface area contributed by atoms with Gasteiger partial charge in [0.15, 0.2) is 5.76 Å². The third-order valence-electron chi connectivity index (χ3n) is 2.83. The molecule has 18 heavy (non-hydrogen) atoms. The predicted molar refractivity (Wildman–Crippen MR) is 65.4 cm³/mol. The summed E-state index contributed by atoms with van der Waals surface area (Å²) in [5.74, 6) is 0.408. The van der Waals surface area contributed by atoms with E-state index in [9.17, 15) is 5.26 Å². The number of hydrogen-bond acceptors (Lipinski definition) is 3. The number of nitrogens with one attached hydrogen (secondary N) is 1. The second-order valence-corrected chi connectivity index (χ2v) is 3.81. The van der Waals surface area contributed by atoms with E-state index < -0.39 is 0 Å². The number of benzene rings is 1. The van der Waals surface area contributed by atoms with Gasteiger partial charge >= 0.3 is 0 Å². The topological polar surface area (TPSA) is 76.5 Å². The molecule has 0 bridgehead atoms. The predicted octanol–water partition coefficient (Wildman–Crippen LogP) is 3.17. The summed E-state index contributed by atoms with van der Waals surface area (Å²) in [6.45, 7) is 0. The van der Waals surface area contributed by atoms with Gasteiger partial charge < -0.3 is 9.40 Å². The lowest BCUT2D eigenvalue weighted by Crippen LogP contribution is -1.82. The minimum Gasteiger partial charge on any atom is -0.461 e. The van der Waals surface area contributed by atoms with Gasteiger partial charge in [-0.3, -0.25) is 0 Å². The minimum absolute atomic E-state index is 0.408. The standard InChI is InChI=1S/C14H7N3O/c15-7-9-5-6-18-14(9)13-11(8-16)10-3-1-2-4-12(10)17-13/h1-6,17H. The van der Waals surface area contributed by atoms with Gasteiger partial charge in [-0.25, -0.2) is 0 Å². The molecule has 4 nitrogen and oxygen atoms in total. The van der Waals surface area contributed by atoms with E-state index in [1.54, 1.807) is 6.07 Å². The van der Waals surface area contributed by atoms with Crippen LogP contribution in [0.5, 0.6) is 0 Å². The van der Waals surface area contributed by atoms with Crippen molar-refractivity contribution in [3.63, 3.8) is 0 Å². The first-order valence-corrected chi connectivity index (χ1v) is 5.34. The highest BCUT2D eigenvalue weighted by Crippen LogP contribution is 2.31. The van der Waals surface area contributed by atoms with Crippen LogP contribution in [0.15, 0.2) is 41.0 Å². The number of hydrogen-bond donors (Lipinski definition) is 1. The third kappa shape index (κ3) is 1.30. The molecule has 0 unspecified atom stereocenters. The van der Waals surface area contributed by atoms with E-state index in [4.69, 9.17) is 9.68 Å². The van der Waals surface area contributed by atoms with E-state index in [1.165, 1.54) is 6.26 Å². The maximum absolute atomic E-state index is 9.27. The van der Waals surface area contributed by atoms with Crippen molar-refractivity contribution in [1.82, 2.24) is 4.98 Å². The summed E-state index contributed by atoms with van der Waals surface area (Å²) < 4.78 is 5.31. The number of fused-ring (bicyclic) bond motifs is 1. The molecule has 0 fully saturated rings. The largest absolute Gasteiger partial charge is 0.461 e. The molecule has 0 atom stereocenters. The Bertz CT molecular complexity index is 812. The van der Waals surface area contributed by atoms with Crippen LogP contribution in [0, 0.1) is 22.7 Å². The zero-order valence-electron chi connectivity index (χ0n) is 9.27. The first kappa shape index (κ1) is 10.2. The molecule has 2 heterocycles. The van der Waals surface area contributed by atoms with Gasteiger partial charge in [0.05, 0.1) is 17.4 Å². The van der Waals surface area contributed by atoms with Crippen LogP contribution in [-0.4, -0.2) is 4.98 Å². The van der Waals surface area contributed by atoms with E-state index in [0.717, 1.165) is 10.9 Å². The fourth-order valence-electron chi connectivity index (χ4n) is 2.02. The van der Waals surface area contributed by atoms with Crippen LogP contribution in [0.25, 0.3) is 22.4 Å². The number of nitrogens with zero attached hydrogens (tertiary/aromatic N) is 2. The summed E-state index contributed by atoms with van der Waals surface area (Å²) in [7, 11) is 0. The minimum atomic E-state index is 0.408. The van der Waals surface area contributed by atoms with E-state index in [-0.39, 0.29) is 0 Å². The zero-order valence-corrected chi connectivity index (χ0v) is 9.27. The number of nitriles is 2. The Balaban J connectivity index is 2.38. The van der Waals surface area contributed by atoms with Crippen molar-refractivity contribution in [2.24, 2.45) is 0 Å². The van der Waals surface area contributed by atoms with Crippen molar-refractivity contribution >= 4 is 10.9 Å². The summed E-state index contributed by atoms with van der Waals surface area (Å²) in [5.41, 5.74) is 2.32. The molecule has 0 aliphatic rings. The molecule has 0 radical (unpaired) electrons. The summed E-state index contributed by atoms with van der Waals surface area (Å²) in [4.78, 5) is 3.12. The number of aromatic nitrogens is 1. The monoisotopic (exact) mass is 233 g/mol. The Hall–Kier alpha value is -2.98.